The Labute approximate surface area is 158 Å². The zero-order valence-electron chi connectivity index (χ0n) is 16.3. The molecule has 148 valence electrons. The summed E-state index contributed by atoms with van der Waals surface area (Å²) in [6, 6.07) is 0. The molecule has 3 rings (SSSR count). The van der Waals surface area contributed by atoms with Crippen LogP contribution in [0, 0.1) is 29.6 Å². The number of aliphatic carboxylic acids is 1. The lowest BCUT2D eigenvalue weighted by Gasteiger charge is -2.37. The monoisotopic (exact) mass is 364 g/mol. The first kappa shape index (κ1) is 19.7. The molecule has 4 nitrogen and oxygen atoms in total. The van der Waals surface area contributed by atoms with E-state index in [2.05, 4.69) is 6.92 Å². The molecule has 3 fully saturated rings. The molecule has 0 aliphatic heterocycles. The fourth-order valence-corrected chi connectivity index (χ4v) is 5.58. The van der Waals surface area contributed by atoms with Crippen LogP contribution in [-0.2, 0) is 14.3 Å². The SMILES string of the molecule is CCC1CCC(C2CCC(C(=O)OC3CCC(C(=O)O)CC3)CC2)CC1. The molecule has 0 bridgehead atoms. The van der Waals surface area contributed by atoms with Gasteiger partial charge in [0.25, 0.3) is 0 Å². The Morgan fingerprint density at radius 2 is 1.27 bits per heavy atom. The predicted molar refractivity (Wildman–Crippen MR) is 101 cm³/mol. The second kappa shape index (κ2) is 9.23. The summed E-state index contributed by atoms with van der Waals surface area (Å²) in [6.45, 7) is 2.32. The minimum Gasteiger partial charge on any atom is -0.481 e. The van der Waals surface area contributed by atoms with Crippen LogP contribution < -0.4 is 0 Å². The first-order chi connectivity index (χ1) is 12.6. The summed E-state index contributed by atoms with van der Waals surface area (Å²) in [5.41, 5.74) is 0. The van der Waals surface area contributed by atoms with Crippen LogP contribution in [0.1, 0.15) is 90.4 Å². The summed E-state index contributed by atoms with van der Waals surface area (Å²) in [6.07, 6.45) is 13.9. The van der Waals surface area contributed by atoms with Crippen molar-refractivity contribution in [3.63, 3.8) is 0 Å². The Morgan fingerprint density at radius 1 is 0.769 bits per heavy atom. The zero-order valence-corrected chi connectivity index (χ0v) is 16.3. The van der Waals surface area contributed by atoms with Gasteiger partial charge in [0, 0.05) is 0 Å². The number of carboxylic acid groups (broad SMARTS) is 1. The topological polar surface area (TPSA) is 63.6 Å². The Balaban J connectivity index is 1.37. The molecule has 0 saturated heterocycles. The van der Waals surface area contributed by atoms with Gasteiger partial charge in [-0.05, 0) is 82.0 Å². The van der Waals surface area contributed by atoms with E-state index in [4.69, 9.17) is 9.84 Å². The van der Waals surface area contributed by atoms with E-state index in [0.29, 0.717) is 25.7 Å². The first-order valence-electron chi connectivity index (χ1n) is 11.0. The number of hydrogen-bond acceptors (Lipinski definition) is 3. The largest absolute Gasteiger partial charge is 0.481 e. The van der Waals surface area contributed by atoms with Gasteiger partial charge in [-0.15, -0.1) is 0 Å². The zero-order chi connectivity index (χ0) is 18.5. The van der Waals surface area contributed by atoms with E-state index in [1.54, 1.807) is 0 Å². The van der Waals surface area contributed by atoms with Gasteiger partial charge < -0.3 is 9.84 Å². The first-order valence-corrected chi connectivity index (χ1v) is 11.0. The standard InChI is InChI=1S/C22H36O4/c1-2-15-3-5-16(6-4-15)17-7-9-19(10-8-17)22(25)26-20-13-11-18(12-14-20)21(23)24/h15-20H,2-14H2,1H3,(H,23,24). The summed E-state index contributed by atoms with van der Waals surface area (Å²) in [5, 5.41) is 9.06. The second-order valence-corrected chi connectivity index (χ2v) is 9.05. The molecule has 0 amide bonds. The molecule has 0 unspecified atom stereocenters. The van der Waals surface area contributed by atoms with Crippen molar-refractivity contribution in [1.82, 2.24) is 0 Å². The van der Waals surface area contributed by atoms with Gasteiger partial charge in [-0.2, -0.15) is 0 Å². The Morgan fingerprint density at radius 3 is 1.77 bits per heavy atom. The van der Waals surface area contributed by atoms with Crippen molar-refractivity contribution in [2.45, 2.75) is 96.5 Å². The third-order valence-electron chi connectivity index (χ3n) is 7.55. The highest BCUT2D eigenvalue weighted by atomic mass is 16.5. The summed E-state index contributed by atoms with van der Waals surface area (Å²) >= 11 is 0. The van der Waals surface area contributed by atoms with E-state index in [1.807, 2.05) is 0 Å². The molecule has 0 radical (unpaired) electrons. The molecule has 0 atom stereocenters. The highest BCUT2D eigenvalue weighted by Gasteiger charge is 2.35. The van der Waals surface area contributed by atoms with Crippen molar-refractivity contribution >= 4 is 11.9 Å². The van der Waals surface area contributed by atoms with E-state index >= 15 is 0 Å². The van der Waals surface area contributed by atoms with Crippen LogP contribution in [0.25, 0.3) is 0 Å². The second-order valence-electron chi connectivity index (χ2n) is 9.05. The number of carbonyl (C=O) groups excluding carboxylic acids is 1. The predicted octanol–water partition coefficient (Wildman–Crippen LogP) is 5.20. The van der Waals surface area contributed by atoms with Gasteiger partial charge in [0.05, 0.1) is 11.8 Å². The summed E-state index contributed by atoms with van der Waals surface area (Å²) in [4.78, 5) is 23.5. The maximum Gasteiger partial charge on any atom is 0.309 e. The molecule has 3 saturated carbocycles. The molecule has 0 spiro atoms. The highest BCUT2D eigenvalue weighted by Crippen LogP contribution is 2.42. The molecule has 1 N–H and O–H groups in total. The van der Waals surface area contributed by atoms with E-state index in [-0.39, 0.29) is 23.9 Å². The molecular formula is C22H36O4. The van der Waals surface area contributed by atoms with Crippen molar-refractivity contribution in [2.24, 2.45) is 29.6 Å². The molecule has 3 aliphatic carbocycles. The van der Waals surface area contributed by atoms with Crippen LogP contribution in [0.3, 0.4) is 0 Å². The van der Waals surface area contributed by atoms with Gasteiger partial charge in [-0.25, -0.2) is 0 Å². The number of carboxylic acids is 1. The van der Waals surface area contributed by atoms with Gasteiger partial charge in [0.15, 0.2) is 0 Å². The van der Waals surface area contributed by atoms with Crippen LogP contribution in [0.5, 0.6) is 0 Å². The maximum atomic E-state index is 12.5. The van der Waals surface area contributed by atoms with Gasteiger partial charge in [0.2, 0.25) is 0 Å². The smallest absolute Gasteiger partial charge is 0.309 e. The normalized spacial score (nSPS) is 38.5. The highest BCUT2D eigenvalue weighted by molar-refractivity contribution is 5.73. The molecule has 4 heteroatoms. The van der Waals surface area contributed by atoms with Crippen LogP contribution in [-0.4, -0.2) is 23.1 Å². The number of hydrogen-bond donors (Lipinski definition) is 1. The molecule has 26 heavy (non-hydrogen) atoms. The molecule has 0 heterocycles. The number of rotatable bonds is 5. The quantitative estimate of drug-likeness (QED) is 0.681. The van der Waals surface area contributed by atoms with Gasteiger partial charge in [0.1, 0.15) is 6.10 Å². The summed E-state index contributed by atoms with van der Waals surface area (Å²) in [7, 11) is 0. The molecule has 0 aromatic carbocycles. The van der Waals surface area contributed by atoms with Crippen LogP contribution in [0.15, 0.2) is 0 Å². The Bertz CT molecular complexity index is 465. The average Bonchev–Trinajstić information content (AvgIpc) is 2.68. The van der Waals surface area contributed by atoms with Gasteiger partial charge >= 0.3 is 11.9 Å². The lowest BCUT2D eigenvalue weighted by Crippen LogP contribution is -2.32. The number of esters is 1. The average molecular weight is 365 g/mol. The Kier molecular flexibility index (Phi) is 6.99. The van der Waals surface area contributed by atoms with Crippen molar-refractivity contribution in [1.29, 1.82) is 0 Å². The van der Waals surface area contributed by atoms with E-state index in [1.165, 1.54) is 44.9 Å². The minimum absolute atomic E-state index is 0.0167. The molecular weight excluding hydrogens is 328 g/mol. The van der Waals surface area contributed by atoms with Crippen LogP contribution in [0.4, 0.5) is 0 Å². The summed E-state index contributed by atoms with van der Waals surface area (Å²) in [5.74, 6) is 1.77. The van der Waals surface area contributed by atoms with Crippen LogP contribution >= 0.6 is 0 Å². The lowest BCUT2D eigenvalue weighted by atomic mass is 9.69. The van der Waals surface area contributed by atoms with Gasteiger partial charge in [-0.3, -0.25) is 9.59 Å². The maximum absolute atomic E-state index is 12.5. The van der Waals surface area contributed by atoms with Crippen molar-refractivity contribution < 1.29 is 19.4 Å². The summed E-state index contributed by atoms with van der Waals surface area (Å²) < 4.78 is 5.74. The minimum atomic E-state index is -0.707. The van der Waals surface area contributed by atoms with Gasteiger partial charge in [-0.1, -0.05) is 26.2 Å². The molecule has 3 aliphatic rings. The van der Waals surface area contributed by atoms with E-state index < -0.39 is 5.97 Å². The third kappa shape index (κ3) is 5.01. The molecule has 0 aromatic rings. The number of carbonyl (C=O) groups is 2. The lowest BCUT2D eigenvalue weighted by molar-refractivity contribution is -0.158. The Hall–Kier alpha value is -1.06. The molecule has 0 aromatic heterocycles. The van der Waals surface area contributed by atoms with Crippen molar-refractivity contribution in [2.75, 3.05) is 0 Å². The van der Waals surface area contributed by atoms with E-state index in [0.717, 1.165) is 30.6 Å². The number of ether oxygens (including phenoxy) is 1. The van der Waals surface area contributed by atoms with Crippen LogP contribution in [0.2, 0.25) is 0 Å². The fraction of sp³-hybridized carbons (Fsp3) is 0.909. The fourth-order valence-electron chi connectivity index (χ4n) is 5.58. The van der Waals surface area contributed by atoms with Crippen molar-refractivity contribution in [3.05, 3.63) is 0 Å². The van der Waals surface area contributed by atoms with E-state index in [9.17, 15) is 9.59 Å². The van der Waals surface area contributed by atoms with Crippen molar-refractivity contribution in [3.8, 4) is 0 Å². The third-order valence-corrected chi connectivity index (χ3v) is 7.55.